The van der Waals surface area contributed by atoms with E-state index in [1.165, 1.54) is 20.3 Å². The van der Waals surface area contributed by atoms with Gasteiger partial charge in [0.15, 0.2) is 11.5 Å². The molecule has 0 radical (unpaired) electrons. The second-order valence-electron chi connectivity index (χ2n) is 5.06. The summed E-state index contributed by atoms with van der Waals surface area (Å²) < 4.78 is 12.2. The second kappa shape index (κ2) is 6.23. The van der Waals surface area contributed by atoms with Gasteiger partial charge in [-0.25, -0.2) is 0 Å². The minimum absolute atomic E-state index is 0.210. The fourth-order valence-corrected chi connectivity index (χ4v) is 3.57. The van der Waals surface area contributed by atoms with Crippen molar-refractivity contribution in [3.8, 4) is 11.5 Å². The number of halogens is 1. The van der Waals surface area contributed by atoms with Gasteiger partial charge in [-0.3, -0.25) is 0 Å². The van der Waals surface area contributed by atoms with Gasteiger partial charge in [-0.05, 0) is 63.9 Å². The van der Waals surface area contributed by atoms with E-state index in [-0.39, 0.29) is 6.04 Å². The van der Waals surface area contributed by atoms with Gasteiger partial charge >= 0.3 is 0 Å². The fraction of sp³-hybridized carbons (Fsp3) is 0.294. The van der Waals surface area contributed by atoms with E-state index in [1.807, 2.05) is 0 Å². The number of fused-ring (bicyclic) bond motifs is 1. The Bertz CT molecular complexity index is 657. The van der Waals surface area contributed by atoms with Crippen molar-refractivity contribution in [1.82, 2.24) is 5.32 Å². The first kappa shape index (κ1) is 14.7. The smallest absolute Gasteiger partial charge is 0.161 e. The first-order valence-electron chi connectivity index (χ1n) is 6.97. The molecule has 0 fully saturated rings. The lowest BCUT2D eigenvalue weighted by molar-refractivity contribution is 0.353. The minimum atomic E-state index is 0.210. The molecule has 1 aliphatic rings. The van der Waals surface area contributed by atoms with E-state index in [0.29, 0.717) is 0 Å². The van der Waals surface area contributed by atoms with Crippen LogP contribution < -0.4 is 14.8 Å². The van der Waals surface area contributed by atoms with Gasteiger partial charge in [0.25, 0.3) is 0 Å². The van der Waals surface area contributed by atoms with E-state index in [2.05, 4.69) is 64.3 Å². The first-order chi connectivity index (χ1) is 10.2. The number of ether oxygens (including phenoxy) is 2. The van der Waals surface area contributed by atoms with Crippen LogP contribution in [0.1, 0.15) is 22.7 Å². The van der Waals surface area contributed by atoms with Crippen LogP contribution in [0.4, 0.5) is 0 Å². The zero-order valence-corrected chi connectivity index (χ0v) is 14.3. The van der Waals surface area contributed by atoms with E-state index in [0.717, 1.165) is 24.5 Å². The number of benzene rings is 2. The fourth-order valence-electron chi connectivity index (χ4n) is 2.87. The molecule has 0 spiro atoms. The first-order valence-corrected chi connectivity index (χ1v) is 8.05. The summed E-state index contributed by atoms with van der Waals surface area (Å²) in [6.07, 6.45) is 1.01. The Morgan fingerprint density at radius 1 is 1.05 bits per heavy atom. The lowest BCUT2D eigenvalue weighted by Gasteiger charge is -2.29. The molecule has 3 rings (SSSR count). The van der Waals surface area contributed by atoms with Crippen LogP contribution in [0.3, 0.4) is 0 Å². The SMILES string of the molecule is COc1cc2c(cc1OC)[C@@H](c1ccccc1I)NCC2. The van der Waals surface area contributed by atoms with Crippen LogP contribution in [0, 0.1) is 3.57 Å². The minimum Gasteiger partial charge on any atom is -0.493 e. The zero-order valence-electron chi connectivity index (χ0n) is 12.2. The molecule has 4 heteroatoms. The van der Waals surface area contributed by atoms with E-state index < -0.39 is 0 Å². The maximum absolute atomic E-state index is 5.46. The third-order valence-electron chi connectivity index (χ3n) is 3.92. The maximum atomic E-state index is 5.46. The van der Waals surface area contributed by atoms with Crippen molar-refractivity contribution in [2.75, 3.05) is 20.8 Å². The Hall–Kier alpha value is -1.27. The van der Waals surface area contributed by atoms with Crippen molar-refractivity contribution in [2.24, 2.45) is 0 Å². The average molecular weight is 395 g/mol. The van der Waals surface area contributed by atoms with E-state index >= 15 is 0 Å². The summed E-state index contributed by atoms with van der Waals surface area (Å²) in [5.41, 5.74) is 3.92. The highest BCUT2D eigenvalue weighted by molar-refractivity contribution is 14.1. The summed E-state index contributed by atoms with van der Waals surface area (Å²) in [7, 11) is 3.37. The van der Waals surface area contributed by atoms with Crippen LogP contribution >= 0.6 is 22.6 Å². The molecule has 1 atom stereocenters. The molecular formula is C17H18INO2. The Morgan fingerprint density at radius 2 is 1.76 bits per heavy atom. The van der Waals surface area contributed by atoms with Gasteiger partial charge < -0.3 is 14.8 Å². The van der Waals surface area contributed by atoms with Gasteiger partial charge in [0.2, 0.25) is 0 Å². The Labute approximate surface area is 138 Å². The van der Waals surface area contributed by atoms with Crippen molar-refractivity contribution in [1.29, 1.82) is 0 Å². The standard InChI is InChI=1S/C17H18INO2/c1-20-15-9-11-7-8-19-17(13(11)10-16(15)21-2)12-5-3-4-6-14(12)18/h3-6,9-10,17,19H,7-8H2,1-2H3/t17-/m1/s1. The lowest BCUT2D eigenvalue weighted by Crippen LogP contribution is -2.31. The van der Waals surface area contributed by atoms with Crippen LogP contribution in [0.25, 0.3) is 0 Å². The summed E-state index contributed by atoms with van der Waals surface area (Å²) >= 11 is 2.40. The third-order valence-corrected chi connectivity index (χ3v) is 4.90. The summed E-state index contributed by atoms with van der Waals surface area (Å²) in [5, 5.41) is 3.62. The predicted molar refractivity (Wildman–Crippen MR) is 92.3 cm³/mol. The number of hydrogen-bond donors (Lipinski definition) is 1. The molecule has 0 unspecified atom stereocenters. The molecule has 3 nitrogen and oxygen atoms in total. The second-order valence-corrected chi connectivity index (χ2v) is 6.23. The van der Waals surface area contributed by atoms with Crippen molar-refractivity contribution in [3.63, 3.8) is 0 Å². The molecule has 0 aliphatic carbocycles. The molecule has 21 heavy (non-hydrogen) atoms. The van der Waals surface area contributed by atoms with Crippen molar-refractivity contribution < 1.29 is 9.47 Å². The van der Waals surface area contributed by atoms with Crippen molar-refractivity contribution >= 4 is 22.6 Å². The number of rotatable bonds is 3. The normalized spacial score (nSPS) is 17.2. The molecule has 0 saturated heterocycles. The van der Waals surface area contributed by atoms with Crippen molar-refractivity contribution in [3.05, 3.63) is 56.7 Å². The number of hydrogen-bond acceptors (Lipinski definition) is 3. The molecule has 0 saturated carbocycles. The Balaban J connectivity index is 2.11. The molecule has 1 N–H and O–H groups in total. The van der Waals surface area contributed by atoms with Gasteiger partial charge in [0.1, 0.15) is 0 Å². The molecule has 110 valence electrons. The van der Waals surface area contributed by atoms with Gasteiger partial charge in [0, 0.05) is 10.1 Å². The van der Waals surface area contributed by atoms with Crippen LogP contribution in [-0.4, -0.2) is 20.8 Å². The Kier molecular flexibility index (Phi) is 4.35. The molecule has 0 amide bonds. The average Bonchev–Trinajstić information content (AvgIpc) is 2.53. The van der Waals surface area contributed by atoms with Crippen LogP contribution in [0.15, 0.2) is 36.4 Å². The molecular weight excluding hydrogens is 377 g/mol. The monoisotopic (exact) mass is 395 g/mol. The summed E-state index contributed by atoms with van der Waals surface area (Å²) in [4.78, 5) is 0. The highest BCUT2D eigenvalue weighted by Crippen LogP contribution is 2.38. The highest BCUT2D eigenvalue weighted by atomic mass is 127. The number of nitrogens with one attached hydrogen (secondary N) is 1. The molecule has 2 aromatic rings. The quantitative estimate of drug-likeness (QED) is 0.807. The molecule has 1 heterocycles. The van der Waals surface area contributed by atoms with E-state index in [4.69, 9.17) is 9.47 Å². The third kappa shape index (κ3) is 2.74. The van der Waals surface area contributed by atoms with Crippen LogP contribution in [0.2, 0.25) is 0 Å². The van der Waals surface area contributed by atoms with Gasteiger partial charge in [-0.15, -0.1) is 0 Å². The molecule has 1 aliphatic heterocycles. The van der Waals surface area contributed by atoms with E-state index in [9.17, 15) is 0 Å². The van der Waals surface area contributed by atoms with Crippen LogP contribution in [0.5, 0.6) is 11.5 Å². The highest BCUT2D eigenvalue weighted by Gasteiger charge is 2.24. The predicted octanol–water partition coefficient (Wildman–Crippen LogP) is 3.54. The van der Waals surface area contributed by atoms with Crippen molar-refractivity contribution in [2.45, 2.75) is 12.5 Å². The summed E-state index contributed by atoms with van der Waals surface area (Å²) in [6, 6.07) is 12.9. The summed E-state index contributed by atoms with van der Waals surface area (Å²) in [6.45, 7) is 0.970. The molecule has 0 aromatic heterocycles. The van der Waals surface area contributed by atoms with Gasteiger partial charge in [-0.2, -0.15) is 0 Å². The summed E-state index contributed by atoms with van der Waals surface area (Å²) in [5.74, 6) is 1.59. The zero-order chi connectivity index (χ0) is 14.8. The van der Waals surface area contributed by atoms with Gasteiger partial charge in [-0.1, -0.05) is 18.2 Å². The van der Waals surface area contributed by atoms with Crippen LogP contribution in [-0.2, 0) is 6.42 Å². The maximum Gasteiger partial charge on any atom is 0.161 e. The molecule has 0 bridgehead atoms. The topological polar surface area (TPSA) is 30.5 Å². The lowest BCUT2D eigenvalue weighted by atomic mass is 9.89. The molecule has 2 aromatic carbocycles. The van der Waals surface area contributed by atoms with E-state index in [1.54, 1.807) is 14.2 Å². The van der Waals surface area contributed by atoms with Gasteiger partial charge in [0.05, 0.1) is 20.3 Å². The Morgan fingerprint density at radius 3 is 2.48 bits per heavy atom. The number of methoxy groups -OCH3 is 2. The largest absolute Gasteiger partial charge is 0.493 e.